The van der Waals surface area contributed by atoms with Crippen LogP contribution in [0.1, 0.15) is 64.2 Å². The number of aromatic nitrogens is 1. The molecule has 0 saturated carbocycles. The van der Waals surface area contributed by atoms with E-state index in [1.54, 1.807) is 11.1 Å². The van der Waals surface area contributed by atoms with Gasteiger partial charge < -0.3 is 15.1 Å². The summed E-state index contributed by atoms with van der Waals surface area (Å²) in [7, 11) is 0. The van der Waals surface area contributed by atoms with Crippen LogP contribution in [0.2, 0.25) is 0 Å². The van der Waals surface area contributed by atoms with Crippen molar-refractivity contribution < 1.29 is 9.59 Å². The maximum absolute atomic E-state index is 13.6. The number of amides is 3. The van der Waals surface area contributed by atoms with Gasteiger partial charge in [0.2, 0.25) is 0 Å². The third-order valence-corrected chi connectivity index (χ3v) is 8.12. The fraction of sp³-hybridized carbons (Fsp3) is 0.424. The molecule has 0 unspecified atom stereocenters. The number of hydrogen-bond acceptors (Lipinski definition) is 5. The van der Waals surface area contributed by atoms with Crippen LogP contribution >= 0.6 is 0 Å². The number of nitrogens with zero attached hydrogens (tertiary/aromatic N) is 4. The van der Waals surface area contributed by atoms with E-state index in [-0.39, 0.29) is 17.4 Å². The Morgan fingerprint density at radius 2 is 1.57 bits per heavy atom. The molecule has 210 valence electrons. The first-order valence-corrected chi connectivity index (χ1v) is 14.3. The summed E-state index contributed by atoms with van der Waals surface area (Å²) in [5.74, 6) is 0.478. The maximum Gasteiger partial charge on any atom is 0.332 e. The van der Waals surface area contributed by atoms with Crippen LogP contribution in [0.15, 0.2) is 66.9 Å². The van der Waals surface area contributed by atoms with Gasteiger partial charge in [-0.05, 0) is 105 Å². The van der Waals surface area contributed by atoms with Crippen molar-refractivity contribution in [3.8, 4) is 0 Å². The molecule has 3 amide bonds. The van der Waals surface area contributed by atoms with Crippen LogP contribution in [-0.4, -0.2) is 51.9 Å². The van der Waals surface area contributed by atoms with E-state index in [9.17, 15) is 9.59 Å². The largest absolute Gasteiger partial charge is 0.340 e. The maximum atomic E-state index is 13.6. The molecule has 0 radical (unpaired) electrons. The van der Waals surface area contributed by atoms with Crippen molar-refractivity contribution in [2.45, 2.75) is 71.4 Å². The van der Waals surface area contributed by atoms with Gasteiger partial charge in [-0.3, -0.25) is 4.79 Å². The summed E-state index contributed by atoms with van der Waals surface area (Å²) in [5, 5.41) is 3.38. The number of anilines is 3. The molecule has 2 aliphatic rings. The Morgan fingerprint density at radius 1 is 0.900 bits per heavy atom. The molecular weight excluding hydrogens is 498 g/mol. The van der Waals surface area contributed by atoms with Crippen LogP contribution in [0.5, 0.6) is 0 Å². The second kappa shape index (κ2) is 11.0. The highest BCUT2D eigenvalue weighted by atomic mass is 16.2. The Balaban J connectivity index is 1.26. The van der Waals surface area contributed by atoms with Crippen LogP contribution < -0.4 is 10.2 Å². The number of likely N-dealkylation sites (tertiary alicyclic amines) is 1. The Morgan fingerprint density at radius 3 is 2.23 bits per heavy atom. The summed E-state index contributed by atoms with van der Waals surface area (Å²) in [6.07, 6.45) is 5.43. The van der Waals surface area contributed by atoms with Gasteiger partial charge in [-0.2, -0.15) is 0 Å². The van der Waals surface area contributed by atoms with Crippen molar-refractivity contribution in [2.75, 3.05) is 29.9 Å². The number of rotatable bonds is 8. The monoisotopic (exact) mass is 539 g/mol. The number of hydrogen-bond donors (Lipinski definition) is 1. The Labute approximate surface area is 238 Å². The van der Waals surface area contributed by atoms with Gasteiger partial charge in [0.15, 0.2) is 0 Å². The standard InChI is InChI=1S/C33H41N5O2/c1-32(2,3)26-10-14-28(15-11-26)38-30(39)33(4,5)37(31(38)40)23-25-16-18-34-29(22-25)35-27-12-8-24(9-13-27)17-21-36-19-6-7-20-36/h8-16,18,22H,6-7,17,19-21,23H2,1-5H3,(H,34,35). The molecule has 2 aliphatic heterocycles. The second-order valence-electron chi connectivity index (χ2n) is 12.5. The zero-order valence-electron chi connectivity index (χ0n) is 24.4. The molecule has 3 aromatic rings. The first kappa shape index (κ1) is 27.8. The lowest BCUT2D eigenvalue weighted by Gasteiger charge is -2.27. The molecule has 40 heavy (non-hydrogen) atoms. The zero-order valence-corrected chi connectivity index (χ0v) is 24.4. The Hall–Kier alpha value is -3.71. The summed E-state index contributed by atoms with van der Waals surface area (Å²) in [6.45, 7) is 13.9. The van der Waals surface area contributed by atoms with Crippen molar-refractivity contribution in [3.05, 3.63) is 83.6 Å². The molecule has 0 aliphatic carbocycles. The molecule has 0 bridgehead atoms. The summed E-state index contributed by atoms with van der Waals surface area (Å²) >= 11 is 0. The van der Waals surface area contributed by atoms with E-state index in [0.29, 0.717) is 18.1 Å². The minimum Gasteiger partial charge on any atom is -0.340 e. The molecular formula is C33H41N5O2. The van der Waals surface area contributed by atoms with Gasteiger partial charge in [-0.15, -0.1) is 0 Å². The fourth-order valence-corrected chi connectivity index (χ4v) is 5.46. The Bertz CT molecular complexity index is 1350. The van der Waals surface area contributed by atoms with Crippen LogP contribution in [0, 0.1) is 0 Å². The van der Waals surface area contributed by atoms with E-state index in [4.69, 9.17) is 0 Å². The van der Waals surface area contributed by atoms with Crippen molar-refractivity contribution in [3.63, 3.8) is 0 Å². The molecule has 7 heteroatoms. The number of pyridine rings is 1. The van der Waals surface area contributed by atoms with Crippen molar-refractivity contribution in [1.82, 2.24) is 14.8 Å². The summed E-state index contributed by atoms with van der Waals surface area (Å²) in [6, 6.07) is 19.7. The molecule has 2 fully saturated rings. The average Bonchev–Trinajstić information content (AvgIpc) is 3.50. The first-order valence-electron chi connectivity index (χ1n) is 14.3. The van der Waals surface area contributed by atoms with E-state index in [2.05, 4.69) is 60.2 Å². The van der Waals surface area contributed by atoms with E-state index < -0.39 is 5.54 Å². The van der Waals surface area contributed by atoms with E-state index in [1.807, 2.05) is 50.2 Å². The molecule has 5 rings (SSSR count). The number of carbonyl (C=O) groups excluding carboxylic acids is 2. The molecule has 1 N–H and O–H groups in total. The van der Waals surface area contributed by atoms with Gasteiger partial charge in [0.1, 0.15) is 11.4 Å². The Kier molecular flexibility index (Phi) is 7.69. The first-order chi connectivity index (χ1) is 19.0. The second-order valence-corrected chi connectivity index (χ2v) is 12.5. The van der Waals surface area contributed by atoms with Crippen molar-refractivity contribution in [1.29, 1.82) is 0 Å². The third kappa shape index (κ3) is 5.89. The third-order valence-electron chi connectivity index (χ3n) is 8.12. The van der Waals surface area contributed by atoms with Crippen molar-refractivity contribution in [2.24, 2.45) is 0 Å². The number of urea groups is 1. The summed E-state index contributed by atoms with van der Waals surface area (Å²) < 4.78 is 0. The predicted octanol–water partition coefficient (Wildman–Crippen LogP) is 6.51. The number of carbonyl (C=O) groups is 2. The van der Waals surface area contributed by atoms with Gasteiger partial charge in [0.05, 0.1) is 5.69 Å². The molecule has 7 nitrogen and oxygen atoms in total. The lowest BCUT2D eigenvalue weighted by molar-refractivity contribution is -0.123. The van der Waals surface area contributed by atoms with Gasteiger partial charge in [-0.25, -0.2) is 14.7 Å². The quantitative estimate of drug-likeness (QED) is 0.331. The van der Waals surface area contributed by atoms with Crippen molar-refractivity contribution >= 4 is 29.1 Å². The van der Waals surface area contributed by atoms with Crippen LogP contribution in [0.3, 0.4) is 0 Å². The number of benzene rings is 2. The highest BCUT2D eigenvalue weighted by molar-refractivity contribution is 6.22. The smallest absolute Gasteiger partial charge is 0.332 e. The molecule has 0 spiro atoms. The minimum absolute atomic E-state index is 0.00862. The van der Waals surface area contributed by atoms with Gasteiger partial charge in [0, 0.05) is 25.0 Å². The van der Waals surface area contributed by atoms with E-state index in [1.165, 1.54) is 36.4 Å². The predicted molar refractivity (Wildman–Crippen MR) is 161 cm³/mol. The number of imide groups is 1. The van der Waals surface area contributed by atoms with Crippen LogP contribution in [0.4, 0.5) is 22.0 Å². The molecule has 1 aromatic heterocycles. The van der Waals surface area contributed by atoms with Gasteiger partial charge in [0.25, 0.3) is 5.91 Å². The molecule has 3 heterocycles. The normalized spacial score (nSPS) is 17.6. The lowest BCUT2D eigenvalue weighted by atomic mass is 9.87. The van der Waals surface area contributed by atoms with Gasteiger partial charge >= 0.3 is 6.03 Å². The summed E-state index contributed by atoms with van der Waals surface area (Å²) in [5.41, 5.74) is 3.97. The van der Waals surface area contributed by atoms with Crippen LogP contribution in [-0.2, 0) is 23.2 Å². The van der Waals surface area contributed by atoms with E-state index in [0.717, 1.165) is 29.8 Å². The SMILES string of the molecule is CC(C)(C)c1ccc(N2C(=O)N(Cc3ccnc(Nc4ccc(CCN5CCCC5)cc4)c3)C(C)(C)C2=O)cc1. The fourth-order valence-electron chi connectivity index (χ4n) is 5.46. The average molecular weight is 540 g/mol. The highest BCUT2D eigenvalue weighted by Crippen LogP contribution is 2.34. The van der Waals surface area contributed by atoms with E-state index >= 15 is 0 Å². The van der Waals surface area contributed by atoms with Crippen LogP contribution in [0.25, 0.3) is 0 Å². The molecule has 2 aromatic carbocycles. The zero-order chi connectivity index (χ0) is 28.5. The summed E-state index contributed by atoms with van der Waals surface area (Å²) in [4.78, 5) is 36.9. The topological polar surface area (TPSA) is 68.8 Å². The minimum atomic E-state index is -0.971. The van der Waals surface area contributed by atoms with Gasteiger partial charge in [-0.1, -0.05) is 45.0 Å². The lowest BCUT2D eigenvalue weighted by Crippen LogP contribution is -2.43. The number of nitrogens with one attached hydrogen (secondary N) is 1. The molecule has 2 saturated heterocycles. The highest BCUT2D eigenvalue weighted by Gasteiger charge is 2.51. The molecule has 0 atom stereocenters.